The molecule has 1 atom stereocenters. The summed E-state index contributed by atoms with van der Waals surface area (Å²) in [4.78, 5) is 28.6. The Bertz CT molecular complexity index is 849. The Balaban J connectivity index is 1.60. The van der Waals surface area contributed by atoms with E-state index in [2.05, 4.69) is 16.8 Å². The number of nitrogens with one attached hydrogen (secondary N) is 1. The van der Waals surface area contributed by atoms with Gasteiger partial charge in [0.2, 0.25) is 0 Å². The van der Waals surface area contributed by atoms with Crippen molar-refractivity contribution in [1.29, 1.82) is 0 Å². The second-order valence-electron chi connectivity index (χ2n) is 6.88. The van der Waals surface area contributed by atoms with Crippen LogP contribution in [0.25, 0.3) is 0 Å². The normalized spacial score (nSPS) is 20.4. The number of aryl methyl sites for hydroxylation is 1. The fourth-order valence-electron chi connectivity index (χ4n) is 3.77. The fraction of sp³-hybridized carbons (Fsp3) is 0.474. The van der Waals surface area contributed by atoms with Gasteiger partial charge in [0.1, 0.15) is 11.3 Å². The quantitative estimate of drug-likeness (QED) is 0.897. The molecule has 0 spiro atoms. The lowest BCUT2D eigenvalue weighted by molar-refractivity contribution is 0.0729. The molecule has 2 aliphatic heterocycles. The van der Waals surface area contributed by atoms with Crippen LogP contribution in [-0.2, 0) is 13.0 Å². The summed E-state index contributed by atoms with van der Waals surface area (Å²) in [7, 11) is 0. The first-order valence-electron chi connectivity index (χ1n) is 8.83. The lowest BCUT2D eigenvalue weighted by Crippen LogP contribution is -2.38. The molecule has 0 aliphatic carbocycles. The molecule has 6 heteroatoms. The molecule has 2 aromatic rings. The molecule has 0 bridgehead atoms. The molecule has 1 amide bonds. The number of carbonyl (C=O) groups is 1. The first-order chi connectivity index (χ1) is 12.1. The number of rotatable bonds is 2. The average molecular weight is 358 g/mol. The Labute approximate surface area is 150 Å². The summed E-state index contributed by atoms with van der Waals surface area (Å²) < 4.78 is 5.55. The molecular weight excluding hydrogens is 336 g/mol. The van der Waals surface area contributed by atoms with Crippen LogP contribution in [0.3, 0.4) is 0 Å². The Morgan fingerprint density at radius 2 is 2.32 bits per heavy atom. The number of hydrogen-bond acceptors (Lipinski definition) is 5. The Morgan fingerprint density at radius 1 is 1.44 bits per heavy atom. The van der Waals surface area contributed by atoms with Gasteiger partial charge in [0.05, 0.1) is 0 Å². The first-order valence-corrected chi connectivity index (χ1v) is 9.71. The fourth-order valence-corrected chi connectivity index (χ4v) is 4.66. The van der Waals surface area contributed by atoms with E-state index in [4.69, 9.17) is 4.42 Å². The molecule has 2 aliphatic rings. The van der Waals surface area contributed by atoms with Crippen LogP contribution in [0.2, 0.25) is 0 Å². The third-order valence-electron chi connectivity index (χ3n) is 5.18. The molecule has 1 fully saturated rings. The largest absolute Gasteiger partial charge is 0.427 e. The molecule has 1 saturated heterocycles. The molecule has 25 heavy (non-hydrogen) atoms. The summed E-state index contributed by atoms with van der Waals surface area (Å²) in [6.45, 7) is 4.90. The van der Waals surface area contributed by atoms with E-state index in [1.54, 1.807) is 16.2 Å². The van der Waals surface area contributed by atoms with Crippen molar-refractivity contribution in [3.8, 4) is 0 Å². The second kappa shape index (κ2) is 6.77. The van der Waals surface area contributed by atoms with Gasteiger partial charge < -0.3 is 14.6 Å². The van der Waals surface area contributed by atoms with Gasteiger partial charge in [0.15, 0.2) is 0 Å². The number of fused-ring (bicyclic) bond motifs is 1. The summed E-state index contributed by atoms with van der Waals surface area (Å²) >= 11 is 1.73. The van der Waals surface area contributed by atoms with E-state index in [9.17, 15) is 9.59 Å². The maximum atomic E-state index is 12.9. The van der Waals surface area contributed by atoms with E-state index in [0.717, 1.165) is 37.9 Å². The highest BCUT2D eigenvalue weighted by molar-refractivity contribution is 7.10. The number of amides is 1. The Morgan fingerprint density at radius 3 is 3.08 bits per heavy atom. The average Bonchev–Trinajstić information content (AvgIpc) is 3.09. The van der Waals surface area contributed by atoms with Gasteiger partial charge in [-0.3, -0.25) is 4.79 Å². The van der Waals surface area contributed by atoms with Gasteiger partial charge in [0.25, 0.3) is 5.91 Å². The smallest absolute Gasteiger partial charge is 0.349 e. The van der Waals surface area contributed by atoms with Crippen molar-refractivity contribution < 1.29 is 9.21 Å². The Kier molecular flexibility index (Phi) is 4.48. The molecule has 132 valence electrons. The monoisotopic (exact) mass is 358 g/mol. The molecule has 0 saturated carbocycles. The van der Waals surface area contributed by atoms with Gasteiger partial charge in [-0.1, -0.05) is 0 Å². The van der Waals surface area contributed by atoms with Gasteiger partial charge in [-0.05, 0) is 61.4 Å². The minimum atomic E-state index is -0.498. The number of hydrogen-bond donors (Lipinski definition) is 1. The van der Waals surface area contributed by atoms with Crippen LogP contribution in [0.15, 0.2) is 26.7 Å². The second-order valence-corrected chi connectivity index (χ2v) is 7.88. The standard InChI is InChI=1S/C19H22N2O3S/c1-12-9-15(13-3-2-6-20-10-13)24-19(23)17(12)18(22)21-7-4-16-14(11-21)5-8-25-16/h5,8-9,13,20H,2-4,6-7,10-11H2,1H3. The molecule has 4 heterocycles. The number of piperidine rings is 1. The van der Waals surface area contributed by atoms with E-state index < -0.39 is 5.63 Å². The van der Waals surface area contributed by atoms with E-state index in [1.165, 1.54) is 10.4 Å². The van der Waals surface area contributed by atoms with E-state index >= 15 is 0 Å². The topological polar surface area (TPSA) is 62.6 Å². The maximum absolute atomic E-state index is 12.9. The lowest BCUT2D eigenvalue weighted by atomic mass is 9.95. The number of thiophene rings is 1. The summed E-state index contributed by atoms with van der Waals surface area (Å²) in [5.74, 6) is 0.703. The molecule has 5 nitrogen and oxygen atoms in total. The van der Waals surface area contributed by atoms with Crippen molar-refractivity contribution in [3.05, 3.63) is 55.3 Å². The maximum Gasteiger partial charge on any atom is 0.349 e. The van der Waals surface area contributed by atoms with Gasteiger partial charge in [0, 0.05) is 30.4 Å². The van der Waals surface area contributed by atoms with Crippen molar-refractivity contribution in [1.82, 2.24) is 10.2 Å². The van der Waals surface area contributed by atoms with Crippen LogP contribution in [0, 0.1) is 6.92 Å². The van der Waals surface area contributed by atoms with E-state index in [1.807, 2.05) is 13.0 Å². The third-order valence-corrected chi connectivity index (χ3v) is 6.20. The predicted molar refractivity (Wildman–Crippen MR) is 97.3 cm³/mol. The van der Waals surface area contributed by atoms with Gasteiger partial charge in [-0.2, -0.15) is 0 Å². The van der Waals surface area contributed by atoms with Gasteiger partial charge in [-0.15, -0.1) is 11.3 Å². The first kappa shape index (κ1) is 16.5. The molecule has 2 aromatic heterocycles. The van der Waals surface area contributed by atoms with Crippen LogP contribution in [-0.4, -0.2) is 30.4 Å². The van der Waals surface area contributed by atoms with Crippen molar-refractivity contribution in [2.45, 2.75) is 38.6 Å². The molecule has 0 radical (unpaired) electrons. The van der Waals surface area contributed by atoms with Crippen molar-refractivity contribution >= 4 is 17.2 Å². The van der Waals surface area contributed by atoms with Crippen LogP contribution in [0.1, 0.15) is 50.9 Å². The van der Waals surface area contributed by atoms with Crippen LogP contribution in [0.4, 0.5) is 0 Å². The molecule has 1 unspecified atom stereocenters. The zero-order chi connectivity index (χ0) is 17.4. The summed E-state index contributed by atoms with van der Waals surface area (Å²) in [5, 5.41) is 5.39. The molecule has 4 rings (SSSR count). The summed E-state index contributed by atoms with van der Waals surface area (Å²) in [5.41, 5.74) is 1.60. The molecule has 0 aromatic carbocycles. The lowest BCUT2D eigenvalue weighted by Gasteiger charge is -2.27. The highest BCUT2D eigenvalue weighted by Crippen LogP contribution is 2.27. The highest BCUT2D eigenvalue weighted by atomic mass is 32.1. The molecular formula is C19H22N2O3S. The highest BCUT2D eigenvalue weighted by Gasteiger charge is 2.28. The third kappa shape index (κ3) is 3.16. The van der Waals surface area contributed by atoms with Crippen molar-refractivity contribution in [3.63, 3.8) is 0 Å². The summed E-state index contributed by atoms with van der Waals surface area (Å²) in [6, 6.07) is 3.94. The number of nitrogens with zero attached hydrogens (tertiary/aromatic N) is 1. The SMILES string of the molecule is Cc1cc(C2CCCNC2)oc(=O)c1C(=O)N1CCc2sccc2C1. The molecule has 1 N–H and O–H groups in total. The van der Waals surface area contributed by atoms with Crippen molar-refractivity contribution in [2.24, 2.45) is 0 Å². The minimum absolute atomic E-state index is 0.186. The Hall–Kier alpha value is -1.92. The number of carbonyl (C=O) groups excluding carboxylic acids is 1. The summed E-state index contributed by atoms with van der Waals surface area (Å²) in [6.07, 6.45) is 2.94. The van der Waals surface area contributed by atoms with Crippen LogP contribution >= 0.6 is 11.3 Å². The predicted octanol–water partition coefficient (Wildman–Crippen LogP) is 2.68. The minimum Gasteiger partial charge on any atom is -0.427 e. The van der Waals surface area contributed by atoms with E-state index in [-0.39, 0.29) is 17.4 Å². The van der Waals surface area contributed by atoms with E-state index in [0.29, 0.717) is 18.8 Å². The van der Waals surface area contributed by atoms with Crippen LogP contribution < -0.4 is 10.9 Å². The zero-order valence-corrected chi connectivity index (χ0v) is 15.2. The zero-order valence-electron chi connectivity index (χ0n) is 14.3. The van der Waals surface area contributed by atoms with Gasteiger partial charge in [-0.25, -0.2) is 4.79 Å². The van der Waals surface area contributed by atoms with Crippen molar-refractivity contribution in [2.75, 3.05) is 19.6 Å². The van der Waals surface area contributed by atoms with Crippen LogP contribution in [0.5, 0.6) is 0 Å². The van der Waals surface area contributed by atoms with Gasteiger partial charge >= 0.3 is 5.63 Å².